The summed E-state index contributed by atoms with van der Waals surface area (Å²) < 4.78 is 7.43. The van der Waals surface area contributed by atoms with Crippen LogP contribution in [0.15, 0.2) is 41.3 Å². The third-order valence-corrected chi connectivity index (χ3v) is 8.41. The number of urea groups is 1. The molecule has 3 unspecified atom stereocenters. The number of fused-ring (bicyclic) bond motifs is 1. The highest BCUT2D eigenvalue weighted by Crippen LogP contribution is 2.57. The molecule has 1 aromatic carbocycles. The van der Waals surface area contributed by atoms with Crippen molar-refractivity contribution in [2.75, 3.05) is 57.7 Å². The number of likely N-dealkylation sites (tertiary alicyclic amines) is 1. The summed E-state index contributed by atoms with van der Waals surface area (Å²) in [5.41, 5.74) is 11.4. The number of ether oxygens (including phenoxy) is 1. The summed E-state index contributed by atoms with van der Waals surface area (Å²) in [6.45, 7) is 10.5. The van der Waals surface area contributed by atoms with Crippen molar-refractivity contribution in [1.29, 1.82) is 0 Å². The maximum atomic E-state index is 12.7. The van der Waals surface area contributed by atoms with Crippen molar-refractivity contribution in [3.05, 3.63) is 47.0 Å². The predicted octanol–water partition coefficient (Wildman–Crippen LogP) is 0.694. The molecule has 12 heteroatoms. The van der Waals surface area contributed by atoms with Crippen molar-refractivity contribution in [3.8, 4) is 11.4 Å². The molecule has 3 atom stereocenters. The lowest BCUT2D eigenvalue weighted by Gasteiger charge is -2.37. The number of hydrogen-bond acceptors (Lipinski definition) is 8. The molecule has 5 rings (SSSR count). The number of rotatable bonds is 8. The lowest BCUT2D eigenvalue weighted by molar-refractivity contribution is -0.137. The van der Waals surface area contributed by atoms with Gasteiger partial charge in [-0.1, -0.05) is 0 Å². The summed E-state index contributed by atoms with van der Waals surface area (Å²) in [6.07, 6.45) is 2.83. The fourth-order valence-corrected chi connectivity index (χ4v) is 5.69. The van der Waals surface area contributed by atoms with Crippen molar-refractivity contribution >= 4 is 17.8 Å². The minimum absolute atomic E-state index is 0.147. The summed E-state index contributed by atoms with van der Waals surface area (Å²) in [6, 6.07) is 8.79. The molecular formula is C28H40N8O4. The van der Waals surface area contributed by atoms with Crippen LogP contribution in [0.3, 0.4) is 0 Å². The van der Waals surface area contributed by atoms with Gasteiger partial charge in [-0.15, -0.1) is 0 Å². The molecule has 0 spiro atoms. The first-order valence-electron chi connectivity index (χ1n) is 13.9. The number of carbonyl (C=O) groups excluding carboxylic acids is 2. The molecule has 3 amide bonds. The van der Waals surface area contributed by atoms with E-state index in [4.69, 9.17) is 16.2 Å². The fraction of sp³-hybridized carbons (Fsp3) is 0.571. The normalized spacial score (nSPS) is 23.5. The minimum Gasteiger partial charge on any atom is -0.492 e. The largest absolute Gasteiger partial charge is 0.492 e. The zero-order valence-electron chi connectivity index (χ0n) is 23.5. The minimum atomic E-state index is -0.952. The second kappa shape index (κ2) is 10.8. The molecule has 3 heterocycles. The number of aromatic nitrogens is 2. The second-order valence-corrected chi connectivity index (χ2v) is 11.9. The number of piperazine rings is 1. The number of piperidine rings is 1. The first-order valence-corrected chi connectivity index (χ1v) is 13.9. The van der Waals surface area contributed by atoms with Crippen LogP contribution in [0.2, 0.25) is 0 Å². The SMILES string of the molecule is CC(COc1ccc(-n2ccc(NC(=O)N3CCN(C(=O)C(C)(C)N)CC3)nc2=O)cc1)N1CC2CC2(CN)C1. The van der Waals surface area contributed by atoms with Crippen LogP contribution in [0.1, 0.15) is 27.2 Å². The van der Waals surface area contributed by atoms with Gasteiger partial charge in [0.15, 0.2) is 0 Å². The number of nitrogens with zero attached hydrogens (tertiary/aromatic N) is 5. The van der Waals surface area contributed by atoms with Crippen LogP contribution in [0.25, 0.3) is 5.69 Å². The summed E-state index contributed by atoms with van der Waals surface area (Å²) in [4.78, 5) is 47.5. The summed E-state index contributed by atoms with van der Waals surface area (Å²) in [5, 5.41) is 2.68. The maximum Gasteiger partial charge on any atom is 0.354 e. The van der Waals surface area contributed by atoms with Gasteiger partial charge in [-0.2, -0.15) is 4.98 Å². The highest BCUT2D eigenvalue weighted by molar-refractivity contribution is 5.89. The second-order valence-electron chi connectivity index (χ2n) is 11.9. The molecule has 1 saturated carbocycles. The van der Waals surface area contributed by atoms with Crippen LogP contribution < -0.4 is 27.2 Å². The molecule has 3 aliphatic rings. The van der Waals surface area contributed by atoms with E-state index in [0.717, 1.165) is 31.3 Å². The molecular weight excluding hydrogens is 512 g/mol. The van der Waals surface area contributed by atoms with E-state index in [2.05, 4.69) is 22.1 Å². The van der Waals surface area contributed by atoms with Gasteiger partial charge in [0.05, 0.1) is 11.2 Å². The van der Waals surface area contributed by atoms with E-state index in [1.807, 2.05) is 12.1 Å². The van der Waals surface area contributed by atoms with Gasteiger partial charge in [-0.3, -0.25) is 19.6 Å². The van der Waals surface area contributed by atoms with Gasteiger partial charge >= 0.3 is 11.7 Å². The Hall–Kier alpha value is -3.48. The number of amides is 3. The Morgan fingerprint density at radius 3 is 2.42 bits per heavy atom. The molecule has 216 valence electrons. The first kappa shape index (κ1) is 28.1. The van der Waals surface area contributed by atoms with E-state index in [0.29, 0.717) is 49.9 Å². The maximum absolute atomic E-state index is 12.7. The number of carbonyl (C=O) groups is 2. The lowest BCUT2D eigenvalue weighted by Crippen LogP contribution is -2.58. The van der Waals surface area contributed by atoms with Crippen LogP contribution in [0.4, 0.5) is 10.6 Å². The number of nitrogens with one attached hydrogen (secondary N) is 1. The molecule has 12 nitrogen and oxygen atoms in total. The van der Waals surface area contributed by atoms with E-state index >= 15 is 0 Å². The predicted molar refractivity (Wildman–Crippen MR) is 151 cm³/mol. The highest BCUT2D eigenvalue weighted by Gasteiger charge is 2.59. The molecule has 2 aliphatic heterocycles. The fourth-order valence-electron chi connectivity index (χ4n) is 5.69. The Bertz CT molecular complexity index is 1290. The molecule has 40 heavy (non-hydrogen) atoms. The standard InChI is InChI=1S/C28H40N8O4/c1-19(35-15-20-14-28(20,17-29)18-35)16-40-22-6-4-21(5-7-22)36-9-8-23(32-26(36)39)31-25(38)34-12-10-33(11-13-34)24(37)27(2,3)30/h4-9,19-20H,10-18,29-30H2,1-3H3,(H,31,32,38,39). The van der Waals surface area contributed by atoms with Crippen molar-refractivity contribution in [1.82, 2.24) is 24.3 Å². The van der Waals surface area contributed by atoms with E-state index in [-0.39, 0.29) is 17.8 Å². The quantitative estimate of drug-likeness (QED) is 0.433. The summed E-state index contributed by atoms with van der Waals surface area (Å²) in [5.74, 6) is 1.49. The summed E-state index contributed by atoms with van der Waals surface area (Å²) >= 11 is 0. The van der Waals surface area contributed by atoms with Gasteiger partial charge in [0.1, 0.15) is 18.2 Å². The Morgan fingerprint density at radius 2 is 1.82 bits per heavy atom. The Kier molecular flexibility index (Phi) is 7.60. The third kappa shape index (κ3) is 5.84. The van der Waals surface area contributed by atoms with Gasteiger partial charge in [0, 0.05) is 51.5 Å². The Labute approximate surface area is 234 Å². The zero-order chi connectivity index (χ0) is 28.7. The Balaban J connectivity index is 1.11. The van der Waals surface area contributed by atoms with Crippen LogP contribution >= 0.6 is 0 Å². The van der Waals surface area contributed by atoms with Crippen LogP contribution in [0, 0.1) is 11.3 Å². The summed E-state index contributed by atoms with van der Waals surface area (Å²) in [7, 11) is 0. The van der Waals surface area contributed by atoms with E-state index in [1.165, 1.54) is 11.0 Å². The van der Waals surface area contributed by atoms with Gasteiger partial charge in [-0.25, -0.2) is 9.59 Å². The van der Waals surface area contributed by atoms with Crippen molar-refractivity contribution in [2.24, 2.45) is 22.8 Å². The van der Waals surface area contributed by atoms with Gasteiger partial charge in [0.25, 0.3) is 0 Å². The van der Waals surface area contributed by atoms with E-state index in [1.54, 1.807) is 48.0 Å². The molecule has 0 bridgehead atoms. The Morgan fingerprint density at radius 1 is 1.15 bits per heavy atom. The van der Waals surface area contributed by atoms with Crippen molar-refractivity contribution in [2.45, 2.75) is 38.8 Å². The van der Waals surface area contributed by atoms with E-state index in [9.17, 15) is 14.4 Å². The number of nitrogens with two attached hydrogens (primary N) is 2. The number of hydrogen-bond donors (Lipinski definition) is 3. The monoisotopic (exact) mass is 552 g/mol. The molecule has 1 aliphatic carbocycles. The lowest BCUT2D eigenvalue weighted by atomic mass is 10.1. The van der Waals surface area contributed by atoms with E-state index < -0.39 is 11.2 Å². The van der Waals surface area contributed by atoms with Crippen molar-refractivity contribution < 1.29 is 14.3 Å². The molecule has 1 aromatic heterocycles. The molecule has 2 aromatic rings. The van der Waals surface area contributed by atoms with Gasteiger partial charge in [0.2, 0.25) is 5.91 Å². The average molecular weight is 553 g/mol. The number of anilines is 1. The van der Waals surface area contributed by atoms with Crippen LogP contribution in [-0.4, -0.2) is 100 Å². The van der Waals surface area contributed by atoms with Crippen molar-refractivity contribution in [3.63, 3.8) is 0 Å². The van der Waals surface area contributed by atoms with Crippen LogP contribution in [-0.2, 0) is 4.79 Å². The smallest absolute Gasteiger partial charge is 0.354 e. The third-order valence-electron chi connectivity index (χ3n) is 8.41. The average Bonchev–Trinajstić information content (AvgIpc) is 3.50. The first-order chi connectivity index (χ1) is 19.0. The van der Waals surface area contributed by atoms with Gasteiger partial charge in [-0.05, 0) is 75.4 Å². The number of benzene rings is 1. The van der Waals surface area contributed by atoms with Gasteiger partial charge < -0.3 is 26.0 Å². The molecule has 2 saturated heterocycles. The topological polar surface area (TPSA) is 152 Å². The molecule has 5 N–H and O–H groups in total. The molecule has 0 radical (unpaired) electrons. The van der Waals surface area contributed by atoms with Crippen LogP contribution in [0.5, 0.6) is 5.75 Å². The highest BCUT2D eigenvalue weighted by atomic mass is 16.5. The molecule has 3 fully saturated rings. The zero-order valence-corrected chi connectivity index (χ0v) is 23.5.